The van der Waals surface area contributed by atoms with Crippen molar-refractivity contribution in [3.63, 3.8) is 0 Å². The first kappa shape index (κ1) is 32.1. The molecule has 1 saturated heterocycles. The summed E-state index contributed by atoms with van der Waals surface area (Å²) >= 11 is 0. The predicted molar refractivity (Wildman–Crippen MR) is 166 cm³/mol. The number of hydrogen-bond acceptors (Lipinski definition) is 8. The molecule has 3 N–H and O–H groups in total. The predicted octanol–water partition coefficient (Wildman–Crippen LogP) is 4.38. The van der Waals surface area contributed by atoms with E-state index in [4.69, 9.17) is 18.9 Å². The number of carbonyl (C=O) groups excluding carboxylic acids is 2. The average Bonchev–Trinajstić information content (AvgIpc) is 3.25. The van der Waals surface area contributed by atoms with Gasteiger partial charge in [0.2, 0.25) is 23.0 Å². The second-order valence-corrected chi connectivity index (χ2v) is 11.2. The molecule has 0 spiro atoms. The summed E-state index contributed by atoms with van der Waals surface area (Å²) in [4.78, 5) is 37.8. The maximum Gasteiger partial charge on any atom is 0.220 e. The van der Waals surface area contributed by atoms with Crippen molar-refractivity contribution in [1.29, 1.82) is 0 Å². The molecule has 0 saturated carbocycles. The zero-order valence-corrected chi connectivity index (χ0v) is 25.8. The van der Waals surface area contributed by atoms with Crippen LogP contribution < -0.4 is 35.6 Å². The molecule has 10 heteroatoms. The number of hydrogen-bond donors (Lipinski definition) is 3. The van der Waals surface area contributed by atoms with Gasteiger partial charge in [-0.1, -0.05) is 12.5 Å². The summed E-state index contributed by atoms with van der Waals surface area (Å²) in [6.07, 6.45) is 6.25. The van der Waals surface area contributed by atoms with E-state index in [9.17, 15) is 14.4 Å². The Kier molecular flexibility index (Phi) is 11.7. The Morgan fingerprint density at radius 3 is 2.42 bits per heavy atom. The van der Waals surface area contributed by atoms with Crippen LogP contribution in [0, 0.1) is 5.92 Å². The van der Waals surface area contributed by atoms with E-state index in [1.807, 2.05) is 12.1 Å². The number of ether oxygens (including phenoxy) is 4. The fourth-order valence-electron chi connectivity index (χ4n) is 5.96. The zero-order valence-electron chi connectivity index (χ0n) is 25.8. The van der Waals surface area contributed by atoms with Gasteiger partial charge in [-0.2, -0.15) is 0 Å². The number of carbonyl (C=O) groups is 2. The van der Waals surface area contributed by atoms with Crippen LogP contribution in [0.1, 0.15) is 69.0 Å². The average molecular weight is 596 g/mol. The molecule has 1 fully saturated rings. The summed E-state index contributed by atoms with van der Waals surface area (Å²) in [5.41, 5.74) is 3.63. The number of methoxy groups -OCH3 is 3. The fraction of sp³-hybridized carbons (Fsp3) is 0.545. The Morgan fingerprint density at radius 1 is 0.953 bits per heavy atom. The summed E-state index contributed by atoms with van der Waals surface area (Å²) in [5, 5.41) is 9.37. The molecule has 1 aliphatic carbocycles. The van der Waals surface area contributed by atoms with Crippen LogP contribution in [0.15, 0.2) is 29.1 Å². The van der Waals surface area contributed by atoms with Crippen LogP contribution in [-0.2, 0) is 20.7 Å². The number of anilines is 1. The van der Waals surface area contributed by atoms with E-state index in [0.717, 1.165) is 74.1 Å². The summed E-state index contributed by atoms with van der Waals surface area (Å²) in [7, 11) is 4.73. The van der Waals surface area contributed by atoms with E-state index in [1.54, 1.807) is 33.5 Å². The monoisotopic (exact) mass is 595 g/mol. The number of rotatable bonds is 13. The molecule has 2 amide bonds. The quantitative estimate of drug-likeness (QED) is 0.292. The lowest BCUT2D eigenvalue weighted by Gasteiger charge is -2.22. The molecule has 4 rings (SSSR count). The van der Waals surface area contributed by atoms with Gasteiger partial charge in [-0.3, -0.25) is 14.4 Å². The van der Waals surface area contributed by atoms with Gasteiger partial charge in [0.15, 0.2) is 11.5 Å². The number of benzene rings is 1. The highest BCUT2D eigenvalue weighted by Gasteiger charge is 2.29. The third-order valence-electron chi connectivity index (χ3n) is 8.24. The van der Waals surface area contributed by atoms with Crippen LogP contribution in [0.3, 0.4) is 0 Å². The SMILES string of the molecule is COc1cc2c(c(OC)c1OC)-c1ccc(NCCCCCC(=O)NCC3CCOCC3)c(=O)cc1[C@@H](NC(C)=O)CC2. The van der Waals surface area contributed by atoms with Crippen molar-refractivity contribution in [2.24, 2.45) is 5.92 Å². The highest BCUT2D eigenvalue weighted by molar-refractivity contribution is 5.83. The van der Waals surface area contributed by atoms with Gasteiger partial charge in [0, 0.05) is 45.2 Å². The number of fused-ring (bicyclic) bond motifs is 3. The summed E-state index contributed by atoms with van der Waals surface area (Å²) in [6.45, 7) is 4.37. The minimum absolute atomic E-state index is 0.0940. The molecule has 10 nitrogen and oxygen atoms in total. The van der Waals surface area contributed by atoms with Gasteiger partial charge in [0.25, 0.3) is 0 Å². The Hall–Kier alpha value is -3.79. The van der Waals surface area contributed by atoms with E-state index < -0.39 is 0 Å². The lowest BCUT2D eigenvalue weighted by Crippen LogP contribution is -2.31. The standard InChI is InChI=1S/C33H45N3O7/c1-21(37)36-26-11-9-23-18-29(40-2)32(41-3)33(42-4)31(23)24-10-12-27(28(38)19-25(24)26)34-15-7-5-6-8-30(39)35-20-22-13-16-43-17-14-22/h10,12,18-19,22,26H,5-9,11,13-17,20H2,1-4H3,(H,34,38)(H,35,39)(H,36,37)/t26-/m0/s1. The van der Waals surface area contributed by atoms with Crippen LogP contribution in [-0.4, -0.2) is 59.4 Å². The zero-order chi connectivity index (χ0) is 30.8. The van der Waals surface area contributed by atoms with E-state index in [-0.39, 0.29) is 23.3 Å². The van der Waals surface area contributed by atoms with Crippen LogP contribution in [0.5, 0.6) is 17.2 Å². The Labute approximate surface area is 253 Å². The molecule has 234 valence electrons. The van der Waals surface area contributed by atoms with Crippen LogP contribution in [0.2, 0.25) is 0 Å². The maximum absolute atomic E-state index is 13.4. The molecule has 2 aromatic rings. The van der Waals surface area contributed by atoms with Crippen molar-refractivity contribution in [1.82, 2.24) is 10.6 Å². The number of amides is 2. The van der Waals surface area contributed by atoms with Gasteiger partial charge in [-0.25, -0.2) is 0 Å². The van der Waals surface area contributed by atoms with Crippen LogP contribution >= 0.6 is 0 Å². The largest absolute Gasteiger partial charge is 0.493 e. The second kappa shape index (κ2) is 15.6. The van der Waals surface area contributed by atoms with E-state index in [1.165, 1.54) is 6.92 Å². The first-order valence-corrected chi connectivity index (χ1v) is 15.2. The summed E-state index contributed by atoms with van der Waals surface area (Å²) in [6, 6.07) is 6.90. The van der Waals surface area contributed by atoms with Gasteiger partial charge in [-0.05, 0) is 79.3 Å². The molecular formula is C33H45N3O7. The first-order valence-electron chi connectivity index (χ1n) is 15.2. The third-order valence-corrected chi connectivity index (χ3v) is 8.24. The Bertz CT molecular complexity index is 1340. The third kappa shape index (κ3) is 8.19. The second-order valence-electron chi connectivity index (χ2n) is 11.2. The van der Waals surface area contributed by atoms with Gasteiger partial charge in [-0.15, -0.1) is 0 Å². The van der Waals surface area contributed by atoms with Gasteiger partial charge in [0.05, 0.1) is 33.1 Å². The Morgan fingerprint density at radius 2 is 1.72 bits per heavy atom. The van der Waals surface area contributed by atoms with Crippen molar-refractivity contribution in [2.45, 2.75) is 64.3 Å². The number of aryl methyl sites for hydroxylation is 1. The highest BCUT2D eigenvalue weighted by Crippen LogP contribution is 2.50. The van der Waals surface area contributed by atoms with Crippen molar-refractivity contribution < 1.29 is 28.5 Å². The molecule has 0 bridgehead atoms. The molecule has 43 heavy (non-hydrogen) atoms. The molecule has 1 atom stereocenters. The lowest BCUT2D eigenvalue weighted by atomic mass is 9.95. The molecule has 1 heterocycles. The maximum atomic E-state index is 13.4. The molecule has 0 unspecified atom stereocenters. The van der Waals surface area contributed by atoms with Gasteiger partial charge >= 0.3 is 0 Å². The first-order chi connectivity index (χ1) is 20.9. The van der Waals surface area contributed by atoms with E-state index in [0.29, 0.717) is 54.7 Å². The summed E-state index contributed by atoms with van der Waals surface area (Å²) in [5.74, 6) is 1.99. The molecule has 0 aromatic heterocycles. The summed E-state index contributed by atoms with van der Waals surface area (Å²) < 4.78 is 22.5. The number of nitrogens with one attached hydrogen (secondary N) is 3. The molecule has 2 aromatic carbocycles. The van der Waals surface area contributed by atoms with Crippen molar-refractivity contribution >= 4 is 17.5 Å². The smallest absolute Gasteiger partial charge is 0.220 e. The Balaban J connectivity index is 1.47. The minimum Gasteiger partial charge on any atom is -0.493 e. The molecule has 1 aliphatic heterocycles. The van der Waals surface area contributed by atoms with Gasteiger partial charge < -0.3 is 34.9 Å². The molecular weight excluding hydrogens is 550 g/mol. The highest BCUT2D eigenvalue weighted by atomic mass is 16.5. The van der Waals surface area contributed by atoms with Crippen molar-refractivity contribution in [3.8, 4) is 28.4 Å². The van der Waals surface area contributed by atoms with Gasteiger partial charge in [0.1, 0.15) is 0 Å². The topological polar surface area (TPSA) is 124 Å². The van der Waals surface area contributed by atoms with E-state index in [2.05, 4.69) is 16.0 Å². The molecule has 0 radical (unpaired) electrons. The van der Waals surface area contributed by atoms with Crippen LogP contribution in [0.4, 0.5) is 5.69 Å². The van der Waals surface area contributed by atoms with Crippen molar-refractivity contribution in [3.05, 3.63) is 45.6 Å². The molecule has 2 aliphatic rings. The van der Waals surface area contributed by atoms with E-state index >= 15 is 0 Å². The van der Waals surface area contributed by atoms with Crippen molar-refractivity contribution in [2.75, 3.05) is 52.9 Å². The fourth-order valence-corrected chi connectivity index (χ4v) is 5.96. The lowest BCUT2D eigenvalue weighted by molar-refractivity contribution is -0.121. The normalized spacial score (nSPS) is 16.2. The number of unbranched alkanes of at least 4 members (excludes halogenated alkanes) is 2. The minimum atomic E-state index is -0.355. The van der Waals surface area contributed by atoms with Crippen LogP contribution in [0.25, 0.3) is 11.1 Å².